The van der Waals surface area contributed by atoms with Crippen LogP contribution >= 0.6 is 0 Å². The number of aliphatic hydroxyl groups excluding tert-OH is 1. The molecule has 316 valence electrons. The summed E-state index contributed by atoms with van der Waals surface area (Å²) in [5, 5.41) is 13.3. The molecule has 0 spiro atoms. The summed E-state index contributed by atoms with van der Waals surface area (Å²) in [4.78, 5) is 12.6. The van der Waals surface area contributed by atoms with Crippen molar-refractivity contribution in [2.24, 2.45) is 0 Å². The molecule has 53 heavy (non-hydrogen) atoms. The summed E-state index contributed by atoms with van der Waals surface area (Å²) in [5.41, 5.74) is 0. The molecule has 6 nitrogen and oxygen atoms in total. The van der Waals surface area contributed by atoms with E-state index in [4.69, 9.17) is 0 Å². The lowest BCUT2D eigenvalue weighted by molar-refractivity contribution is -0.122. The lowest BCUT2D eigenvalue weighted by Crippen LogP contribution is -2.46. The second kappa shape index (κ2) is 40.7. The first-order valence-corrected chi connectivity index (χ1v) is 25.0. The molecule has 0 aromatic rings. The monoisotopic (exact) mass is 770 g/mol. The van der Waals surface area contributed by atoms with Gasteiger partial charge in [0.2, 0.25) is 5.91 Å². The average molecular weight is 770 g/mol. The van der Waals surface area contributed by atoms with Crippen LogP contribution in [-0.2, 0) is 14.9 Å². The van der Waals surface area contributed by atoms with Crippen molar-refractivity contribution < 1.29 is 22.9 Å². The standard InChI is InChI=1S/C46H91NO5S/c1-3-5-7-9-11-13-15-17-19-21-23-25-27-29-31-33-35-37-39-41-45(48)44(43-53(50,51)52)47-46(49)42-40-38-36-34-32-30-28-26-24-22-20-18-16-14-12-10-8-6-4-2/h39,41,44-45,48H,3-38,40,42-43H2,1-2H3,(H,47,49)(H,50,51,52)/b41-39+. The number of carbonyl (C=O) groups excluding carboxylic acids is 1. The Balaban J connectivity index is 3.81. The summed E-state index contributed by atoms with van der Waals surface area (Å²) in [7, 11) is -4.34. The Bertz CT molecular complexity index is 892. The van der Waals surface area contributed by atoms with Crippen molar-refractivity contribution in [2.45, 2.75) is 270 Å². The molecule has 0 aliphatic heterocycles. The van der Waals surface area contributed by atoms with Gasteiger partial charge in [-0.1, -0.05) is 244 Å². The average Bonchev–Trinajstić information content (AvgIpc) is 3.12. The third-order valence-corrected chi connectivity index (χ3v) is 11.7. The molecule has 0 aliphatic carbocycles. The van der Waals surface area contributed by atoms with Crippen LogP contribution < -0.4 is 5.32 Å². The summed E-state index contributed by atoms with van der Waals surface area (Å²) in [6.45, 7) is 4.55. The van der Waals surface area contributed by atoms with E-state index in [1.165, 1.54) is 199 Å². The van der Waals surface area contributed by atoms with Crippen LogP contribution in [0.25, 0.3) is 0 Å². The molecule has 0 saturated heterocycles. The third-order valence-electron chi connectivity index (χ3n) is 11.0. The Kier molecular flexibility index (Phi) is 40.0. The largest absolute Gasteiger partial charge is 0.387 e. The number of nitrogens with one attached hydrogen (secondary N) is 1. The highest BCUT2D eigenvalue weighted by atomic mass is 32.2. The summed E-state index contributed by atoms with van der Waals surface area (Å²) in [6.07, 6.45) is 50.6. The minimum Gasteiger partial charge on any atom is -0.387 e. The van der Waals surface area contributed by atoms with Gasteiger partial charge in [0.05, 0.1) is 17.9 Å². The maximum absolute atomic E-state index is 12.6. The fourth-order valence-corrected chi connectivity index (χ4v) is 8.19. The Labute approximate surface area is 331 Å². The van der Waals surface area contributed by atoms with E-state index < -0.39 is 28.0 Å². The molecule has 1 amide bonds. The zero-order chi connectivity index (χ0) is 38.9. The van der Waals surface area contributed by atoms with Gasteiger partial charge in [-0.3, -0.25) is 9.35 Å². The van der Waals surface area contributed by atoms with Crippen molar-refractivity contribution in [1.29, 1.82) is 0 Å². The molecule has 0 aliphatic rings. The normalized spacial score (nSPS) is 13.2. The number of hydrogen-bond donors (Lipinski definition) is 3. The Hall–Kier alpha value is -0.920. The van der Waals surface area contributed by atoms with Gasteiger partial charge in [0.25, 0.3) is 10.1 Å². The Morgan fingerprint density at radius 3 is 1.08 bits per heavy atom. The van der Waals surface area contributed by atoms with Crippen LogP contribution in [0.3, 0.4) is 0 Å². The molecular weight excluding hydrogens is 679 g/mol. The van der Waals surface area contributed by atoms with E-state index in [-0.39, 0.29) is 5.91 Å². The summed E-state index contributed by atoms with van der Waals surface area (Å²) in [6, 6.07) is -1.05. The van der Waals surface area contributed by atoms with Crippen molar-refractivity contribution in [3.8, 4) is 0 Å². The quantitative estimate of drug-likeness (QED) is 0.0325. The zero-order valence-electron chi connectivity index (χ0n) is 35.4. The number of allylic oxidation sites excluding steroid dienone is 1. The van der Waals surface area contributed by atoms with Crippen LogP contribution in [-0.4, -0.2) is 41.9 Å². The minimum atomic E-state index is -4.34. The second-order valence-corrected chi connectivity index (χ2v) is 17.9. The van der Waals surface area contributed by atoms with Gasteiger partial charge < -0.3 is 10.4 Å². The van der Waals surface area contributed by atoms with Gasteiger partial charge in [-0.25, -0.2) is 0 Å². The first-order chi connectivity index (χ1) is 25.8. The molecule has 2 atom stereocenters. The highest BCUT2D eigenvalue weighted by Gasteiger charge is 2.24. The maximum atomic E-state index is 12.6. The smallest absolute Gasteiger partial charge is 0.267 e. The fourth-order valence-electron chi connectivity index (χ4n) is 7.45. The van der Waals surface area contributed by atoms with E-state index in [9.17, 15) is 22.9 Å². The van der Waals surface area contributed by atoms with Gasteiger partial charge in [0.15, 0.2) is 0 Å². The number of amides is 1. The third kappa shape index (κ3) is 42.1. The summed E-state index contributed by atoms with van der Waals surface area (Å²) >= 11 is 0. The number of hydrogen-bond acceptors (Lipinski definition) is 4. The van der Waals surface area contributed by atoms with Crippen molar-refractivity contribution >= 4 is 16.0 Å². The molecule has 7 heteroatoms. The fraction of sp³-hybridized carbons (Fsp3) is 0.935. The first-order valence-electron chi connectivity index (χ1n) is 23.4. The molecule has 2 unspecified atom stereocenters. The number of carbonyl (C=O) groups is 1. The topological polar surface area (TPSA) is 104 Å². The van der Waals surface area contributed by atoms with E-state index in [2.05, 4.69) is 19.2 Å². The molecule has 0 rings (SSSR count). The van der Waals surface area contributed by atoms with E-state index in [0.29, 0.717) is 6.42 Å². The van der Waals surface area contributed by atoms with Gasteiger partial charge in [0.1, 0.15) is 0 Å². The van der Waals surface area contributed by atoms with Gasteiger partial charge in [0, 0.05) is 6.42 Å². The SMILES string of the molecule is CCCCCCCCCCCCCCCCCCC/C=C/C(O)C(CS(=O)(=O)O)NC(=O)CCCCCCCCCCCCCCCCCCCCC. The Morgan fingerprint density at radius 2 is 0.774 bits per heavy atom. The zero-order valence-corrected chi connectivity index (χ0v) is 36.2. The van der Waals surface area contributed by atoms with Crippen LogP contribution in [0.4, 0.5) is 0 Å². The number of rotatable bonds is 43. The lowest BCUT2D eigenvalue weighted by Gasteiger charge is -2.21. The number of aliphatic hydroxyl groups is 1. The summed E-state index contributed by atoms with van der Waals surface area (Å²) < 4.78 is 32.6. The van der Waals surface area contributed by atoms with Crippen LogP contribution in [0.1, 0.15) is 258 Å². The minimum absolute atomic E-state index is 0.272. The van der Waals surface area contributed by atoms with Crippen molar-refractivity contribution in [2.75, 3.05) is 5.75 Å². The molecule has 0 fully saturated rings. The molecule has 0 heterocycles. The van der Waals surface area contributed by atoms with Crippen LogP contribution in [0, 0.1) is 0 Å². The highest BCUT2D eigenvalue weighted by molar-refractivity contribution is 7.85. The summed E-state index contributed by atoms with van der Waals surface area (Å²) in [5.74, 6) is -0.964. The van der Waals surface area contributed by atoms with E-state index >= 15 is 0 Å². The van der Waals surface area contributed by atoms with E-state index in [0.717, 1.165) is 38.5 Å². The van der Waals surface area contributed by atoms with Gasteiger partial charge >= 0.3 is 0 Å². The van der Waals surface area contributed by atoms with Crippen molar-refractivity contribution in [3.63, 3.8) is 0 Å². The molecule has 0 aromatic heterocycles. The maximum Gasteiger partial charge on any atom is 0.267 e. The molecule has 3 N–H and O–H groups in total. The number of unbranched alkanes of at least 4 members (excludes halogenated alkanes) is 35. The van der Waals surface area contributed by atoms with Crippen LogP contribution in [0.5, 0.6) is 0 Å². The molecule has 0 saturated carbocycles. The second-order valence-electron chi connectivity index (χ2n) is 16.4. The first kappa shape index (κ1) is 52.1. The Morgan fingerprint density at radius 1 is 0.491 bits per heavy atom. The molecule has 0 bridgehead atoms. The van der Waals surface area contributed by atoms with Gasteiger partial charge in [-0.2, -0.15) is 8.42 Å². The van der Waals surface area contributed by atoms with Crippen molar-refractivity contribution in [1.82, 2.24) is 5.32 Å². The van der Waals surface area contributed by atoms with Gasteiger partial charge in [-0.05, 0) is 19.3 Å². The van der Waals surface area contributed by atoms with E-state index in [1.807, 2.05) is 6.08 Å². The lowest BCUT2D eigenvalue weighted by atomic mass is 10.0. The van der Waals surface area contributed by atoms with Crippen molar-refractivity contribution in [3.05, 3.63) is 12.2 Å². The van der Waals surface area contributed by atoms with E-state index in [1.54, 1.807) is 6.08 Å². The molecule has 0 radical (unpaired) electrons. The molecule has 0 aromatic carbocycles. The highest BCUT2D eigenvalue weighted by Crippen LogP contribution is 2.17. The van der Waals surface area contributed by atoms with Crippen LogP contribution in [0.2, 0.25) is 0 Å². The van der Waals surface area contributed by atoms with Crippen LogP contribution in [0.15, 0.2) is 12.2 Å². The molecular formula is C46H91NO5S. The predicted molar refractivity (Wildman–Crippen MR) is 230 cm³/mol. The van der Waals surface area contributed by atoms with Gasteiger partial charge in [-0.15, -0.1) is 0 Å². The predicted octanol–water partition coefficient (Wildman–Crippen LogP) is 14.1.